The van der Waals surface area contributed by atoms with Crippen LogP contribution in [0.3, 0.4) is 0 Å². The molecule has 6 heteroatoms. The smallest absolute Gasteiger partial charge is 0.141 e. The zero-order valence-corrected chi connectivity index (χ0v) is 28.2. The first-order valence-electron chi connectivity index (χ1n) is 16.3. The first-order chi connectivity index (χ1) is 22.7. The van der Waals surface area contributed by atoms with Crippen LogP contribution in [-0.4, -0.2) is 26.4 Å². The first-order valence-corrected chi connectivity index (χ1v) is 16.3. The summed E-state index contributed by atoms with van der Waals surface area (Å²) in [6, 6.07) is 29.5. The molecule has 0 N–H and O–H groups in total. The maximum Gasteiger partial charge on any atom is 0.141 e. The van der Waals surface area contributed by atoms with E-state index in [1.165, 1.54) is 33.4 Å². The zero-order chi connectivity index (χ0) is 32.8. The van der Waals surface area contributed by atoms with Crippen LogP contribution in [0.5, 0.6) is 17.2 Å². The highest BCUT2D eigenvalue weighted by atomic mass is 16.5. The second-order valence-corrected chi connectivity index (χ2v) is 12.5. The molecule has 0 aliphatic rings. The molecule has 47 heavy (non-hydrogen) atoms. The first kappa shape index (κ1) is 30.3. The molecule has 0 unspecified atom stereocenters. The molecule has 6 nitrogen and oxygen atoms in total. The number of pyridine rings is 1. The number of aryl methyl sites for hydroxylation is 5. The van der Waals surface area contributed by atoms with Crippen LogP contribution in [0.1, 0.15) is 47.0 Å². The van der Waals surface area contributed by atoms with Gasteiger partial charge < -0.3 is 9.47 Å². The Labute approximate surface area is 276 Å². The van der Waals surface area contributed by atoms with Gasteiger partial charge in [0.15, 0.2) is 0 Å². The van der Waals surface area contributed by atoms with Gasteiger partial charge in [-0.2, -0.15) is 5.10 Å². The summed E-state index contributed by atoms with van der Waals surface area (Å²) in [7, 11) is 1.68. The van der Waals surface area contributed by atoms with E-state index in [1.54, 1.807) is 13.3 Å². The van der Waals surface area contributed by atoms with Crippen molar-refractivity contribution in [3.05, 3.63) is 125 Å². The van der Waals surface area contributed by atoms with Gasteiger partial charge in [-0.3, -0.25) is 4.57 Å². The van der Waals surface area contributed by atoms with E-state index in [2.05, 4.69) is 124 Å². The van der Waals surface area contributed by atoms with E-state index in [-0.39, 0.29) is 0 Å². The fourth-order valence-corrected chi connectivity index (χ4v) is 7.13. The summed E-state index contributed by atoms with van der Waals surface area (Å²) >= 11 is 0. The highest BCUT2D eigenvalue weighted by molar-refractivity contribution is 6.09. The third kappa shape index (κ3) is 5.44. The number of methoxy groups -OCH3 is 1. The van der Waals surface area contributed by atoms with Crippen LogP contribution in [0.25, 0.3) is 44.4 Å². The lowest BCUT2D eigenvalue weighted by atomic mass is 9.92. The summed E-state index contributed by atoms with van der Waals surface area (Å²) in [6.07, 6.45) is 3.76. The van der Waals surface area contributed by atoms with Crippen molar-refractivity contribution >= 4 is 21.8 Å². The number of aromatic nitrogens is 4. The topological polar surface area (TPSA) is 54.1 Å². The highest BCUT2D eigenvalue weighted by Crippen LogP contribution is 2.38. The lowest BCUT2D eigenvalue weighted by Crippen LogP contribution is -2.02. The lowest BCUT2D eigenvalue weighted by molar-refractivity contribution is 0.414. The van der Waals surface area contributed by atoms with Crippen LogP contribution in [0.15, 0.2) is 91.1 Å². The Morgan fingerprint density at radius 2 is 1.47 bits per heavy atom. The standard InChI is InChI=1S/C41H40N4O2/c1-8-11-30-20-31(45-29(6)41(28(5)43-45)40-26(3)18-25(2)19-27(40)4)22-34(21-30)47-33-14-15-36-35-12-9-10-13-37(35)44(38(36)23-33)39-24-32(46-7)16-17-42-39/h9-10,12-24H,8,11H2,1-7H3. The molecule has 0 bridgehead atoms. The van der Waals surface area contributed by atoms with Gasteiger partial charge in [0, 0.05) is 46.4 Å². The largest absolute Gasteiger partial charge is 0.497 e. The van der Waals surface area contributed by atoms with E-state index >= 15 is 0 Å². The molecule has 7 aromatic rings. The summed E-state index contributed by atoms with van der Waals surface area (Å²) < 4.78 is 16.5. The van der Waals surface area contributed by atoms with Crippen LogP contribution >= 0.6 is 0 Å². The number of ether oxygens (including phenoxy) is 2. The Kier molecular flexibility index (Phi) is 7.80. The van der Waals surface area contributed by atoms with Crippen molar-refractivity contribution in [2.24, 2.45) is 0 Å². The Balaban J connectivity index is 1.33. The maximum atomic E-state index is 6.68. The Morgan fingerprint density at radius 1 is 0.702 bits per heavy atom. The van der Waals surface area contributed by atoms with Crippen LogP contribution in [0.2, 0.25) is 0 Å². The number of hydrogen-bond acceptors (Lipinski definition) is 4. The molecule has 0 saturated heterocycles. The van der Waals surface area contributed by atoms with Crippen LogP contribution < -0.4 is 9.47 Å². The van der Waals surface area contributed by atoms with E-state index in [9.17, 15) is 0 Å². The summed E-state index contributed by atoms with van der Waals surface area (Å²) in [6.45, 7) is 13.0. The molecule has 0 amide bonds. The van der Waals surface area contributed by atoms with Crippen molar-refractivity contribution in [3.8, 4) is 39.9 Å². The molecule has 0 spiro atoms. The van der Waals surface area contributed by atoms with Crippen LogP contribution in [0.4, 0.5) is 0 Å². The SMILES string of the molecule is CCCc1cc(Oc2ccc3c4ccccc4n(-c4cc(OC)ccn4)c3c2)cc(-n2nc(C)c(-c3c(C)cc(C)cc3C)c2C)c1. The molecule has 0 atom stereocenters. The summed E-state index contributed by atoms with van der Waals surface area (Å²) in [5.74, 6) is 3.08. The molecule has 3 heterocycles. The van der Waals surface area contributed by atoms with Gasteiger partial charge in [0.05, 0.1) is 29.5 Å². The molecule has 0 aliphatic carbocycles. The van der Waals surface area contributed by atoms with Gasteiger partial charge >= 0.3 is 0 Å². The number of nitrogens with zero attached hydrogens (tertiary/aromatic N) is 4. The van der Waals surface area contributed by atoms with Gasteiger partial charge in [-0.25, -0.2) is 9.67 Å². The molecule has 0 saturated carbocycles. The van der Waals surface area contributed by atoms with E-state index in [0.717, 1.165) is 74.8 Å². The Morgan fingerprint density at radius 3 is 2.23 bits per heavy atom. The minimum atomic E-state index is 0.754. The lowest BCUT2D eigenvalue weighted by Gasteiger charge is -2.14. The van der Waals surface area contributed by atoms with Crippen LogP contribution in [-0.2, 0) is 6.42 Å². The quantitative estimate of drug-likeness (QED) is 0.170. The second-order valence-electron chi connectivity index (χ2n) is 12.5. The Hall–Kier alpha value is -5.36. The molecular weight excluding hydrogens is 580 g/mol. The highest BCUT2D eigenvalue weighted by Gasteiger charge is 2.20. The number of rotatable bonds is 8. The molecule has 4 aromatic carbocycles. The van der Waals surface area contributed by atoms with E-state index in [0.29, 0.717) is 0 Å². The van der Waals surface area contributed by atoms with Gasteiger partial charge in [0.2, 0.25) is 0 Å². The average molecular weight is 621 g/mol. The molecule has 7 rings (SSSR count). The predicted octanol–water partition coefficient (Wildman–Crippen LogP) is 10.3. The third-order valence-electron chi connectivity index (χ3n) is 9.02. The summed E-state index contributed by atoms with van der Waals surface area (Å²) in [4.78, 5) is 4.71. The zero-order valence-electron chi connectivity index (χ0n) is 28.2. The monoisotopic (exact) mass is 620 g/mol. The molecule has 0 fully saturated rings. The summed E-state index contributed by atoms with van der Waals surface area (Å²) in [5, 5.41) is 7.37. The van der Waals surface area contributed by atoms with Crippen molar-refractivity contribution in [3.63, 3.8) is 0 Å². The van der Waals surface area contributed by atoms with Gasteiger partial charge in [-0.05, 0) is 99.7 Å². The second kappa shape index (κ2) is 12.1. The van der Waals surface area contributed by atoms with E-state index < -0.39 is 0 Å². The summed E-state index contributed by atoms with van der Waals surface area (Å²) in [5.41, 5.74) is 12.7. The number of fused-ring (bicyclic) bond motifs is 3. The molecule has 0 aliphatic heterocycles. The van der Waals surface area contributed by atoms with Crippen molar-refractivity contribution in [2.75, 3.05) is 7.11 Å². The minimum Gasteiger partial charge on any atom is -0.497 e. The molecule has 236 valence electrons. The van der Waals surface area contributed by atoms with Crippen molar-refractivity contribution in [1.82, 2.24) is 19.3 Å². The van der Waals surface area contributed by atoms with E-state index in [1.807, 2.05) is 12.1 Å². The fraction of sp³-hybridized carbons (Fsp3) is 0.220. The van der Waals surface area contributed by atoms with Crippen LogP contribution in [0, 0.1) is 34.6 Å². The van der Waals surface area contributed by atoms with Crippen molar-refractivity contribution in [1.29, 1.82) is 0 Å². The van der Waals surface area contributed by atoms with Gasteiger partial charge in [0.25, 0.3) is 0 Å². The maximum absolute atomic E-state index is 6.68. The van der Waals surface area contributed by atoms with Crippen molar-refractivity contribution in [2.45, 2.75) is 54.4 Å². The van der Waals surface area contributed by atoms with Gasteiger partial charge in [-0.15, -0.1) is 0 Å². The van der Waals surface area contributed by atoms with Gasteiger partial charge in [-0.1, -0.05) is 49.2 Å². The van der Waals surface area contributed by atoms with Crippen molar-refractivity contribution < 1.29 is 9.47 Å². The number of hydrogen-bond donors (Lipinski definition) is 0. The minimum absolute atomic E-state index is 0.754. The van der Waals surface area contributed by atoms with Gasteiger partial charge in [0.1, 0.15) is 23.1 Å². The molecule has 0 radical (unpaired) electrons. The van der Waals surface area contributed by atoms with E-state index in [4.69, 9.17) is 19.6 Å². The number of para-hydroxylation sites is 1. The third-order valence-corrected chi connectivity index (χ3v) is 9.02. The average Bonchev–Trinajstić information content (AvgIpc) is 3.53. The molecular formula is C41H40N4O2. The Bertz CT molecular complexity index is 2270. The number of benzene rings is 4. The fourth-order valence-electron chi connectivity index (χ4n) is 7.13. The predicted molar refractivity (Wildman–Crippen MR) is 192 cm³/mol. The molecule has 3 aromatic heterocycles. The normalized spacial score (nSPS) is 11.5.